The second-order valence-electron chi connectivity index (χ2n) is 4.81. The van der Waals surface area contributed by atoms with Crippen molar-refractivity contribution in [3.05, 3.63) is 35.0 Å². The first-order valence-corrected chi connectivity index (χ1v) is 6.56. The summed E-state index contributed by atoms with van der Waals surface area (Å²) in [5.41, 5.74) is 1.30. The second-order valence-corrected chi connectivity index (χ2v) is 4.81. The summed E-state index contributed by atoms with van der Waals surface area (Å²) in [6.07, 6.45) is -2.54. The minimum atomic E-state index is -4.44. The molecule has 0 spiro atoms. The van der Waals surface area contributed by atoms with Gasteiger partial charge in [0.05, 0.1) is 5.52 Å². The number of anilines is 1. The average molecular weight is 282 g/mol. The summed E-state index contributed by atoms with van der Waals surface area (Å²) in [5, 5.41) is 3.62. The van der Waals surface area contributed by atoms with Gasteiger partial charge in [0.25, 0.3) is 0 Å². The number of alkyl halides is 3. The van der Waals surface area contributed by atoms with Crippen LogP contribution in [0.1, 0.15) is 30.2 Å². The predicted molar refractivity (Wildman–Crippen MR) is 75.0 cm³/mol. The smallest absolute Gasteiger partial charge is 0.387 e. The van der Waals surface area contributed by atoms with Crippen molar-refractivity contribution in [2.45, 2.75) is 32.9 Å². The Bertz CT molecular complexity index is 633. The lowest BCUT2D eigenvalue weighted by atomic mass is 10.0. The fourth-order valence-corrected chi connectivity index (χ4v) is 2.45. The van der Waals surface area contributed by atoms with Crippen LogP contribution in [0.5, 0.6) is 0 Å². The first-order chi connectivity index (χ1) is 9.38. The third kappa shape index (κ3) is 2.57. The minimum absolute atomic E-state index is 0.140. The molecule has 0 atom stereocenters. The Labute approximate surface area is 116 Å². The Morgan fingerprint density at radius 2 is 1.95 bits per heavy atom. The zero-order valence-corrected chi connectivity index (χ0v) is 11.7. The van der Waals surface area contributed by atoms with E-state index in [2.05, 4.69) is 17.2 Å². The lowest BCUT2D eigenvalue weighted by molar-refractivity contribution is -0.141. The van der Waals surface area contributed by atoms with E-state index in [1.54, 1.807) is 13.1 Å². The highest BCUT2D eigenvalue weighted by molar-refractivity contribution is 5.93. The molecule has 20 heavy (non-hydrogen) atoms. The van der Waals surface area contributed by atoms with Crippen LogP contribution in [0.15, 0.2) is 18.2 Å². The van der Waals surface area contributed by atoms with Gasteiger partial charge in [-0.05, 0) is 31.0 Å². The van der Waals surface area contributed by atoms with Gasteiger partial charge in [-0.2, -0.15) is 13.2 Å². The molecule has 0 saturated carbocycles. The molecule has 0 amide bonds. The summed E-state index contributed by atoms with van der Waals surface area (Å²) in [5.74, 6) is 0. The van der Waals surface area contributed by atoms with Gasteiger partial charge < -0.3 is 5.32 Å². The number of hydrogen-bond donors (Lipinski definition) is 1. The van der Waals surface area contributed by atoms with Crippen LogP contribution in [0.25, 0.3) is 10.9 Å². The van der Waals surface area contributed by atoms with Crippen molar-refractivity contribution in [3.63, 3.8) is 0 Å². The second kappa shape index (κ2) is 5.31. The molecule has 1 N–H and O–H groups in total. The van der Waals surface area contributed by atoms with E-state index in [4.69, 9.17) is 0 Å². The Kier molecular flexibility index (Phi) is 3.88. The highest BCUT2D eigenvalue weighted by Crippen LogP contribution is 2.37. The molecule has 0 unspecified atom stereocenters. The zero-order chi connectivity index (χ0) is 14.9. The number of hydrogen-bond acceptors (Lipinski definition) is 2. The molecular formula is C15H17F3N2. The molecule has 1 aromatic heterocycles. The normalized spacial score (nSPS) is 11.9. The van der Waals surface area contributed by atoms with Gasteiger partial charge in [0.15, 0.2) is 0 Å². The van der Waals surface area contributed by atoms with Gasteiger partial charge in [-0.15, -0.1) is 0 Å². The van der Waals surface area contributed by atoms with Crippen molar-refractivity contribution in [2.75, 3.05) is 12.4 Å². The zero-order valence-electron chi connectivity index (χ0n) is 11.7. The fraction of sp³-hybridized carbons (Fsp3) is 0.400. The molecule has 0 bridgehead atoms. The van der Waals surface area contributed by atoms with Crippen LogP contribution in [-0.2, 0) is 12.6 Å². The number of aromatic nitrogens is 1. The van der Waals surface area contributed by atoms with Crippen LogP contribution < -0.4 is 5.32 Å². The van der Waals surface area contributed by atoms with Gasteiger partial charge in [0.1, 0.15) is 5.69 Å². The molecule has 0 aliphatic heterocycles. The maximum atomic E-state index is 13.0. The molecule has 0 fully saturated rings. The molecular weight excluding hydrogens is 265 g/mol. The summed E-state index contributed by atoms with van der Waals surface area (Å²) in [4.78, 5) is 3.79. The molecule has 2 nitrogen and oxygen atoms in total. The quantitative estimate of drug-likeness (QED) is 0.893. The molecule has 0 saturated heterocycles. The van der Waals surface area contributed by atoms with E-state index in [0.29, 0.717) is 11.2 Å². The fourth-order valence-electron chi connectivity index (χ4n) is 2.45. The van der Waals surface area contributed by atoms with E-state index in [-0.39, 0.29) is 5.56 Å². The largest absolute Gasteiger partial charge is 0.433 e. The number of halogens is 3. The summed E-state index contributed by atoms with van der Waals surface area (Å²) in [6.45, 7) is 3.52. The van der Waals surface area contributed by atoms with E-state index in [1.807, 2.05) is 12.1 Å². The molecule has 5 heteroatoms. The number of fused-ring (bicyclic) bond motifs is 1. The van der Waals surface area contributed by atoms with Crippen molar-refractivity contribution in [2.24, 2.45) is 0 Å². The van der Waals surface area contributed by atoms with E-state index in [1.165, 1.54) is 6.92 Å². The summed E-state index contributed by atoms with van der Waals surface area (Å²) in [6, 6.07) is 5.43. The van der Waals surface area contributed by atoms with Crippen molar-refractivity contribution < 1.29 is 13.2 Å². The topological polar surface area (TPSA) is 24.9 Å². The maximum Gasteiger partial charge on any atom is 0.433 e. The summed E-state index contributed by atoms with van der Waals surface area (Å²) >= 11 is 0. The Hall–Kier alpha value is -1.78. The van der Waals surface area contributed by atoms with Gasteiger partial charge in [0.2, 0.25) is 0 Å². The monoisotopic (exact) mass is 282 g/mol. The first kappa shape index (κ1) is 14.6. The SMILES string of the molecule is CCCc1ccc2nc(C(F)(F)F)c(C)c(NC)c2c1. The molecule has 0 aliphatic rings. The van der Waals surface area contributed by atoms with E-state index in [0.717, 1.165) is 23.8 Å². The molecule has 0 radical (unpaired) electrons. The van der Waals surface area contributed by atoms with E-state index < -0.39 is 11.9 Å². The molecule has 2 rings (SSSR count). The van der Waals surface area contributed by atoms with Gasteiger partial charge in [-0.1, -0.05) is 19.4 Å². The number of pyridine rings is 1. The van der Waals surface area contributed by atoms with Gasteiger partial charge in [-0.3, -0.25) is 0 Å². The van der Waals surface area contributed by atoms with Crippen LogP contribution in [0.2, 0.25) is 0 Å². The molecule has 1 aromatic carbocycles. The molecule has 2 aromatic rings. The van der Waals surface area contributed by atoms with Gasteiger partial charge >= 0.3 is 6.18 Å². The number of benzene rings is 1. The van der Waals surface area contributed by atoms with Crippen LogP contribution >= 0.6 is 0 Å². The van der Waals surface area contributed by atoms with Gasteiger partial charge in [0, 0.05) is 23.7 Å². The molecule has 108 valence electrons. The third-order valence-electron chi connectivity index (χ3n) is 3.35. The van der Waals surface area contributed by atoms with E-state index in [9.17, 15) is 13.2 Å². The summed E-state index contributed by atoms with van der Waals surface area (Å²) < 4.78 is 39.0. The maximum absolute atomic E-state index is 13.0. The van der Waals surface area contributed by atoms with E-state index >= 15 is 0 Å². The van der Waals surface area contributed by atoms with Gasteiger partial charge in [-0.25, -0.2) is 4.98 Å². The number of nitrogens with zero attached hydrogens (tertiary/aromatic N) is 1. The molecule has 0 aliphatic carbocycles. The number of rotatable bonds is 3. The van der Waals surface area contributed by atoms with Crippen molar-refractivity contribution in [3.8, 4) is 0 Å². The Morgan fingerprint density at radius 3 is 2.50 bits per heavy atom. The predicted octanol–water partition coefficient (Wildman–Crippen LogP) is 4.56. The van der Waals surface area contributed by atoms with Crippen LogP contribution in [0.3, 0.4) is 0 Å². The average Bonchev–Trinajstić information content (AvgIpc) is 2.37. The Balaban J connectivity index is 2.74. The lowest BCUT2D eigenvalue weighted by Crippen LogP contribution is -2.12. The van der Waals surface area contributed by atoms with Crippen molar-refractivity contribution in [1.29, 1.82) is 0 Å². The highest BCUT2D eigenvalue weighted by atomic mass is 19.4. The first-order valence-electron chi connectivity index (χ1n) is 6.56. The van der Waals surface area contributed by atoms with Crippen LogP contribution in [0.4, 0.5) is 18.9 Å². The Morgan fingerprint density at radius 1 is 1.25 bits per heavy atom. The lowest BCUT2D eigenvalue weighted by Gasteiger charge is -2.16. The molecule has 1 heterocycles. The highest BCUT2D eigenvalue weighted by Gasteiger charge is 2.35. The van der Waals surface area contributed by atoms with Crippen LogP contribution in [-0.4, -0.2) is 12.0 Å². The number of aryl methyl sites for hydroxylation is 1. The minimum Gasteiger partial charge on any atom is -0.387 e. The summed E-state index contributed by atoms with van der Waals surface area (Å²) in [7, 11) is 1.63. The van der Waals surface area contributed by atoms with Crippen molar-refractivity contribution >= 4 is 16.6 Å². The van der Waals surface area contributed by atoms with Crippen LogP contribution in [0, 0.1) is 6.92 Å². The third-order valence-corrected chi connectivity index (χ3v) is 3.35. The standard InChI is InChI=1S/C15H17F3N2/c1-4-5-10-6-7-12-11(8-10)13(19-3)9(2)14(20-12)15(16,17)18/h6-8H,4-5H2,1-3H3,(H,19,20). The van der Waals surface area contributed by atoms with Crippen molar-refractivity contribution in [1.82, 2.24) is 4.98 Å². The number of nitrogens with one attached hydrogen (secondary N) is 1.